The molecule has 0 fully saturated rings. The van der Waals surface area contributed by atoms with Crippen molar-refractivity contribution in [2.45, 2.75) is 24.3 Å². The summed E-state index contributed by atoms with van der Waals surface area (Å²) in [5.74, 6) is 0.134. The van der Waals surface area contributed by atoms with Crippen LogP contribution in [0.15, 0.2) is 76.0 Å². The lowest BCUT2D eigenvalue weighted by molar-refractivity contribution is -0.122. The summed E-state index contributed by atoms with van der Waals surface area (Å²) < 4.78 is 28.0. The molecule has 0 radical (unpaired) electrons. The van der Waals surface area contributed by atoms with Gasteiger partial charge in [-0.25, -0.2) is 13.8 Å². The molecule has 1 heterocycles. The molecule has 0 saturated heterocycles. The Labute approximate surface area is 197 Å². The molecule has 1 amide bonds. The molecule has 6 nitrogen and oxygen atoms in total. The van der Waals surface area contributed by atoms with Gasteiger partial charge in [0, 0.05) is 4.88 Å². The molecule has 9 heteroatoms. The molecule has 168 valence electrons. The number of rotatable bonds is 10. The van der Waals surface area contributed by atoms with Crippen LogP contribution in [0, 0.1) is 6.92 Å². The van der Waals surface area contributed by atoms with Gasteiger partial charge in [-0.3, -0.25) is 4.79 Å². The molecular formula is C23H25N3O3S3. The summed E-state index contributed by atoms with van der Waals surface area (Å²) >= 11 is 3.05. The van der Waals surface area contributed by atoms with Crippen molar-refractivity contribution in [2.24, 2.45) is 5.10 Å². The Morgan fingerprint density at radius 3 is 2.53 bits per heavy atom. The van der Waals surface area contributed by atoms with Crippen LogP contribution in [0.2, 0.25) is 0 Å². The van der Waals surface area contributed by atoms with Gasteiger partial charge in [-0.1, -0.05) is 48.0 Å². The van der Waals surface area contributed by atoms with Gasteiger partial charge in [-0.05, 0) is 60.1 Å². The number of benzene rings is 2. The Kier molecular flexibility index (Phi) is 8.63. The molecule has 0 aliphatic rings. The molecule has 0 aliphatic carbocycles. The van der Waals surface area contributed by atoms with Crippen molar-refractivity contribution in [1.82, 2.24) is 10.1 Å². The highest BCUT2D eigenvalue weighted by molar-refractivity contribution is 7.98. The quantitative estimate of drug-likeness (QED) is 0.330. The smallest absolute Gasteiger partial charge is 0.258 e. The Hall–Kier alpha value is -2.46. The minimum atomic E-state index is -3.83. The number of carbonyl (C=O) groups is 1. The monoisotopic (exact) mass is 487 g/mol. The van der Waals surface area contributed by atoms with Crippen molar-refractivity contribution in [3.05, 3.63) is 76.5 Å². The molecular weight excluding hydrogens is 462 g/mol. The van der Waals surface area contributed by atoms with Crippen molar-refractivity contribution in [3.63, 3.8) is 0 Å². The van der Waals surface area contributed by atoms with Crippen LogP contribution in [-0.2, 0) is 14.8 Å². The van der Waals surface area contributed by atoms with Crippen LogP contribution in [-0.4, -0.2) is 38.6 Å². The number of carbonyl (C=O) groups excluding carboxylic acids is 1. The Bertz CT molecular complexity index is 1160. The van der Waals surface area contributed by atoms with Crippen LogP contribution in [0.25, 0.3) is 11.1 Å². The molecule has 0 aliphatic heterocycles. The van der Waals surface area contributed by atoms with Crippen LogP contribution in [0.1, 0.15) is 16.9 Å². The minimum Gasteiger partial charge on any atom is -0.271 e. The second kappa shape index (κ2) is 11.4. The zero-order chi connectivity index (χ0) is 23.0. The third-order valence-corrected chi connectivity index (χ3v) is 7.65. The van der Waals surface area contributed by atoms with Crippen molar-refractivity contribution in [2.75, 3.05) is 12.0 Å². The molecule has 1 atom stereocenters. The number of thiophene rings is 1. The first-order valence-electron chi connectivity index (χ1n) is 9.94. The number of hydrogen-bond acceptors (Lipinski definition) is 6. The molecule has 3 aromatic rings. The summed E-state index contributed by atoms with van der Waals surface area (Å²) in [7, 11) is -3.83. The maximum Gasteiger partial charge on any atom is 0.258 e. The van der Waals surface area contributed by atoms with E-state index in [2.05, 4.69) is 15.2 Å². The summed E-state index contributed by atoms with van der Waals surface area (Å²) in [6.45, 7) is 1.88. The van der Waals surface area contributed by atoms with E-state index in [1.165, 1.54) is 23.5 Å². The fourth-order valence-electron chi connectivity index (χ4n) is 2.89. The van der Waals surface area contributed by atoms with Gasteiger partial charge < -0.3 is 0 Å². The normalized spacial score (nSPS) is 12.7. The summed E-state index contributed by atoms with van der Waals surface area (Å²) in [5, 5.41) is 6.06. The summed E-state index contributed by atoms with van der Waals surface area (Å²) in [6, 6.07) is 17.6. The molecule has 32 heavy (non-hydrogen) atoms. The number of amides is 1. The largest absolute Gasteiger partial charge is 0.271 e. The van der Waals surface area contributed by atoms with Crippen molar-refractivity contribution in [3.8, 4) is 11.1 Å². The minimum absolute atomic E-state index is 0.126. The van der Waals surface area contributed by atoms with E-state index in [0.717, 1.165) is 21.6 Å². The van der Waals surface area contributed by atoms with E-state index < -0.39 is 22.0 Å². The molecule has 1 aromatic heterocycles. The Balaban J connectivity index is 1.65. The van der Waals surface area contributed by atoms with Gasteiger partial charge in [0.15, 0.2) is 0 Å². The Morgan fingerprint density at radius 1 is 1.12 bits per heavy atom. The first kappa shape index (κ1) is 24.2. The van der Waals surface area contributed by atoms with Gasteiger partial charge >= 0.3 is 0 Å². The van der Waals surface area contributed by atoms with E-state index in [0.29, 0.717) is 12.2 Å². The van der Waals surface area contributed by atoms with Gasteiger partial charge in [0.1, 0.15) is 6.04 Å². The van der Waals surface area contributed by atoms with Crippen LogP contribution in [0.3, 0.4) is 0 Å². The standard InChI is InChI=1S/C23H25N3O3S3/c1-17-8-10-21(11-9-17)32(28,29)26-22(12-13-30-2)23(27)25-24-15-20-14-19(16-31-20)18-6-4-3-5-7-18/h3-11,14-16,22,26H,12-13H2,1-2H3,(H,25,27)/b24-15+/t22-/m0/s1. The molecule has 0 saturated carbocycles. The van der Waals surface area contributed by atoms with E-state index in [1.807, 2.05) is 55.0 Å². The highest BCUT2D eigenvalue weighted by Gasteiger charge is 2.25. The number of sulfonamides is 1. The fraction of sp³-hybridized carbons (Fsp3) is 0.217. The number of thioether (sulfide) groups is 1. The van der Waals surface area contributed by atoms with Crippen LogP contribution in [0.4, 0.5) is 0 Å². The molecule has 2 aromatic carbocycles. The number of hydrogen-bond donors (Lipinski definition) is 2. The van der Waals surface area contributed by atoms with E-state index in [9.17, 15) is 13.2 Å². The Morgan fingerprint density at radius 2 is 1.84 bits per heavy atom. The molecule has 3 rings (SSSR count). The first-order valence-corrected chi connectivity index (χ1v) is 13.7. The van der Waals surface area contributed by atoms with Gasteiger partial charge in [-0.15, -0.1) is 11.3 Å². The lowest BCUT2D eigenvalue weighted by Crippen LogP contribution is -2.45. The third kappa shape index (κ3) is 6.77. The number of aryl methyl sites for hydroxylation is 1. The van der Waals surface area contributed by atoms with Crippen molar-refractivity contribution in [1.29, 1.82) is 0 Å². The number of hydrazone groups is 1. The third-order valence-electron chi connectivity index (χ3n) is 4.65. The molecule has 0 bridgehead atoms. The van der Waals surface area contributed by atoms with Crippen LogP contribution in [0.5, 0.6) is 0 Å². The summed E-state index contributed by atoms with van der Waals surface area (Å²) in [4.78, 5) is 13.7. The molecule has 0 unspecified atom stereocenters. The fourth-order valence-corrected chi connectivity index (χ4v) is 5.37. The van der Waals surface area contributed by atoms with Crippen LogP contribution < -0.4 is 10.1 Å². The zero-order valence-electron chi connectivity index (χ0n) is 17.8. The second-order valence-electron chi connectivity index (χ2n) is 7.11. The van der Waals surface area contributed by atoms with Crippen LogP contribution >= 0.6 is 23.1 Å². The van der Waals surface area contributed by atoms with E-state index in [-0.39, 0.29) is 4.90 Å². The zero-order valence-corrected chi connectivity index (χ0v) is 20.3. The van der Waals surface area contributed by atoms with E-state index in [4.69, 9.17) is 0 Å². The van der Waals surface area contributed by atoms with Crippen molar-refractivity contribution < 1.29 is 13.2 Å². The average molecular weight is 488 g/mol. The van der Waals surface area contributed by atoms with E-state index >= 15 is 0 Å². The van der Waals surface area contributed by atoms with Gasteiger partial charge in [-0.2, -0.15) is 21.6 Å². The predicted octanol–water partition coefficient (Wildman–Crippen LogP) is 4.27. The second-order valence-corrected chi connectivity index (χ2v) is 10.7. The first-order chi connectivity index (χ1) is 15.4. The summed E-state index contributed by atoms with van der Waals surface area (Å²) in [6.07, 6.45) is 3.82. The lowest BCUT2D eigenvalue weighted by Gasteiger charge is -2.17. The van der Waals surface area contributed by atoms with Gasteiger partial charge in [0.25, 0.3) is 5.91 Å². The SMILES string of the molecule is CSCC[C@H](NS(=O)(=O)c1ccc(C)cc1)C(=O)N/N=C/c1cc(-c2ccccc2)cs1. The maximum atomic E-state index is 12.7. The van der Waals surface area contributed by atoms with Gasteiger partial charge in [0.2, 0.25) is 10.0 Å². The average Bonchev–Trinajstić information content (AvgIpc) is 3.26. The predicted molar refractivity (Wildman–Crippen MR) is 134 cm³/mol. The highest BCUT2D eigenvalue weighted by Crippen LogP contribution is 2.24. The molecule has 2 N–H and O–H groups in total. The number of nitrogens with zero attached hydrogens (tertiary/aromatic N) is 1. The molecule has 0 spiro atoms. The maximum absolute atomic E-state index is 12.7. The van der Waals surface area contributed by atoms with Gasteiger partial charge in [0.05, 0.1) is 11.1 Å². The lowest BCUT2D eigenvalue weighted by atomic mass is 10.1. The summed E-state index contributed by atoms with van der Waals surface area (Å²) in [5.41, 5.74) is 5.61. The highest BCUT2D eigenvalue weighted by atomic mass is 32.2. The number of nitrogens with one attached hydrogen (secondary N) is 2. The topological polar surface area (TPSA) is 87.6 Å². The van der Waals surface area contributed by atoms with E-state index in [1.54, 1.807) is 30.1 Å². The van der Waals surface area contributed by atoms with Crippen molar-refractivity contribution >= 4 is 45.2 Å².